The van der Waals surface area contributed by atoms with Gasteiger partial charge in [0.05, 0.1) is 19.8 Å². The van der Waals surface area contributed by atoms with E-state index in [0.29, 0.717) is 19.3 Å². The molecule has 2 N–H and O–H groups in total. The highest BCUT2D eigenvalue weighted by Crippen LogP contribution is 2.43. The quantitative estimate of drug-likeness (QED) is 0.0197. The lowest BCUT2D eigenvalue weighted by molar-refractivity contribution is -0.161. The predicted octanol–water partition coefficient (Wildman–Crippen LogP) is 19.7. The van der Waals surface area contributed by atoms with E-state index in [1.54, 1.807) is 0 Å². The molecule has 0 radical (unpaired) electrons. The minimum Gasteiger partial charge on any atom is -0.462 e. The van der Waals surface area contributed by atoms with Crippen LogP contribution in [0.2, 0.25) is 0 Å². The van der Waals surface area contributed by atoms with Crippen LogP contribution in [0.1, 0.15) is 252 Å². The highest BCUT2D eigenvalue weighted by atomic mass is 31.2. The van der Waals surface area contributed by atoms with E-state index in [9.17, 15) is 28.9 Å². The maximum absolute atomic E-state index is 13.0. The van der Waals surface area contributed by atoms with Crippen molar-refractivity contribution in [3.8, 4) is 0 Å². The van der Waals surface area contributed by atoms with E-state index in [4.69, 9.17) is 23.3 Å². The van der Waals surface area contributed by atoms with Crippen LogP contribution in [0.3, 0.4) is 0 Å². The molecular weight excluding hydrogens is 1050 g/mol. The minimum absolute atomic E-state index is 0.140. The second-order valence-electron chi connectivity index (χ2n) is 20.8. The highest BCUT2D eigenvalue weighted by Gasteiger charge is 2.28. The summed E-state index contributed by atoms with van der Waals surface area (Å²) in [7, 11) is -4.77. The Kier molecular flexibility index (Phi) is 59.3. The molecule has 0 saturated heterocycles. The van der Waals surface area contributed by atoms with E-state index < -0.39 is 57.8 Å². The number of aliphatic hydroxyl groups excluding tert-OH is 1. The van der Waals surface area contributed by atoms with Gasteiger partial charge in [-0.1, -0.05) is 238 Å². The molecule has 0 aliphatic carbocycles. The van der Waals surface area contributed by atoms with Crippen LogP contribution in [0, 0.1) is 0 Å². The van der Waals surface area contributed by atoms with E-state index in [1.165, 1.54) is 6.42 Å². The van der Waals surface area contributed by atoms with Gasteiger partial charge in [-0.25, -0.2) is 4.57 Å². The number of carbonyl (C=O) groups is 3. The first-order valence-electron chi connectivity index (χ1n) is 32.1. The predicted molar refractivity (Wildman–Crippen MR) is 343 cm³/mol. The molecule has 0 aliphatic rings. The summed E-state index contributed by atoms with van der Waals surface area (Å²) in [6.07, 6.45) is 79.6. The zero-order chi connectivity index (χ0) is 59.8. The van der Waals surface area contributed by atoms with Crippen LogP contribution in [-0.4, -0.2) is 66.5 Å². The Balaban J connectivity index is 4.78. The third-order valence-corrected chi connectivity index (χ3v) is 14.0. The summed E-state index contributed by atoms with van der Waals surface area (Å²) in [5.41, 5.74) is 0. The summed E-state index contributed by atoms with van der Waals surface area (Å²) in [4.78, 5) is 48.8. The molecule has 466 valence electrons. The second kappa shape index (κ2) is 62.7. The number of hydrogen-bond donors (Lipinski definition) is 2. The molecule has 0 aromatic rings. The van der Waals surface area contributed by atoms with Crippen molar-refractivity contribution in [1.82, 2.24) is 0 Å². The summed E-state index contributed by atoms with van der Waals surface area (Å²) >= 11 is 0. The lowest BCUT2D eigenvalue weighted by Crippen LogP contribution is -2.30. The largest absolute Gasteiger partial charge is 0.472 e. The summed E-state index contributed by atoms with van der Waals surface area (Å²) in [6.45, 7) is 4.28. The standard InChI is InChI=1S/C70H115O11P/c1-4-7-10-13-16-19-22-25-28-31-33-36-38-41-44-47-50-53-56-59-68(72)77-63-67(81-70(74)61-58-55-52-49-46-43-40-37-34-32-29-26-23-20-17-14-11-8-5-2)65-79-82(75,76)78-64-66(62-71)80-69(73)60-57-54-51-48-45-42-39-35-30-27-24-21-18-15-12-9-6-3/h7-12,16-21,25-30,33-34,36-37,66-67,71H,4-6,13-15,22-24,31-32,35,38-65H2,1-3H3,(H,75,76)/b10-7-,11-8-,12-9-,19-16-,20-17-,21-18-,28-25-,29-26-,30-27-,36-33-,37-34-. The number of phosphoric acid groups is 1. The van der Waals surface area contributed by atoms with Crippen LogP contribution in [0.25, 0.3) is 0 Å². The number of allylic oxidation sites excluding steroid dienone is 22. The number of rotatable bonds is 58. The van der Waals surface area contributed by atoms with Gasteiger partial charge in [0.2, 0.25) is 0 Å². The second-order valence-corrected chi connectivity index (χ2v) is 22.2. The SMILES string of the molecule is CC/C=C\C/C=C\C/C=C\C/C=C\CCCCCCCCC(=O)OCC(COP(=O)(O)OCC(CO)OC(=O)CCCCCCCCC/C=C\C/C=C\C/C=C\CC)OC(=O)CCCCCCCC/C=C\C/C=C\C/C=C\C/C=C\CC. The Morgan fingerprint density at radius 3 is 0.915 bits per heavy atom. The van der Waals surface area contributed by atoms with Crippen molar-refractivity contribution in [3.63, 3.8) is 0 Å². The van der Waals surface area contributed by atoms with E-state index in [1.807, 2.05) is 0 Å². The first-order chi connectivity index (χ1) is 40.2. The van der Waals surface area contributed by atoms with Crippen molar-refractivity contribution < 1.29 is 52.2 Å². The van der Waals surface area contributed by atoms with E-state index in [-0.39, 0.29) is 25.9 Å². The normalized spacial score (nSPS) is 14.2. The molecule has 0 fully saturated rings. The number of ether oxygens (including phenoxy) is 3. The van der Waals surface area contributed by atoms with Crippen LogP contribution < -0.4 is 0 Å². The number of esters is 3. The van der Waals surface area contributed by atoms with Crippen molar-refractivity contribution in [2.75, 3.05) is 26.4 Å². The lowest BCUT2D eigenvalue weighted by Gasteiger charge is -2.21. The van der Waals surface area contributed by atoms with Crippen LogP contribution >= 0.6 is 7.82 Å². The number of hydrogen-bond acceptors (Lipinski definition) is 10. The van der Waals surface area contributed by atoms with Gasteiger partial charge in [0.1, 0.15) is 12.7 Å². The third-order valence-electron chi connectivity index (χ3n) is 13.1. The first kappa shape index (κ1) is 77.6. The van der Waals surface area contributed by atoms with E-state index >= 15 is 0 Å². The molecule has 0 bridgehead atoms. The third kappa shape index (κ3) is 60.2. The Bertz CT molecular complexity index is 1890. The highest BCUT2D eigenvalue weighted by molar-refractivity contribution is 7.47. The van der Waals surface area contributed by atoms with Crippen LogP contribution in [0.5, 0.6) is 0 Å². The molecule has 0 heterocycles. The van der Waals surface area contributed by atoms with Crippen LogP contribution in [0.15, 0.2) is 134 Å². The zero-order valence-corrected chi connectivity index (χ0v) is 52.6. The van der Waals surface area contributed by atoms with Crippen molar-refractivity contribution in [2.45, 2.75) is 264 Å². The average Bonchev–Trinajstić information content (AvgIpc) is 3.47. The summed E-state index contributed by atoms with van der Waals surface area (Å²) < 4.78 is 39.7. The molecule has 0 saturated carbocycles. The van der Waals surface area contributed by atoms with Crippen molar-refractivity contribution in [2.24, 2.45) is 0 Å². The molecule has 12 heteroatoms. The fourth-order valence-electron chi connectivity index (χ4n) is 8.29. The molecule has 0 aromatic heterocycles. The smallest absolute Gasteiger partial charge is 0.462 e. The van der Waals surface area contributed by atoms with Crippen molar-refractivity contribution >= 4 is 25.7 Å². The van der Waals surface area contributed by atoms with Crippen LogP contribution in [-0.2, 0) is 42.2 Å². The maximum Gasteiger partial charge on any atom is 0.472 e. The average molecular weight is 1160 g/mol. The van der Waals surface area contributed by atoms with E-state index in [2.05, 4.69) is 154 Å². The van der Waals surface area contributed by atoms with Crippen LogP contribution in [0.4, 0.5) is 0 Å². The molecular formula is C70H115O11P. The maximum atomic E-state index is 13.0. The molecule has 0 aromatic carbocycles. The lowest BCUT2D eigenvalue weighted by atomic mass is 10.1. The Morgan fingerprint density at radius 2 is 0.598 bits per heavy atom. The topological polar surface area (TPSA) is 155 Å². The van der Waals surface area contributed by atoms with Gasteiger partial charge >= 0.3 is 25.7 Å². The van der Waals surface area contributed by atoms with Gasteiger partial charge in [0, 0.05) is 19.3 Å². The summed E-state index contributed by atoms with van der Waals surface area (Å²) in [5, 5.41) is 9.86. The molecule has 0 spiro atoms. The Morgan fingerprint density at radius 1 is 0.341 bits per heavy atom. The zero-order valence-electron chi connectivity index (χ0n) is 51.7. The first-order valence-corrected chi connectivity index (χ1v) is 33.6. The number of carbonyl (C=O) groups excluding carboxylic acids is 3. The molecule has 0 aliphatic heterocycles. The Hall–Kier alpha value is -4.38. The fraction of sp³-hybridized carbons (Fsp3) is 0.643. The summed E-state index contributed by atoms with van der Waals surface area (Å²) in [5.74, 6) is -1.51. The number of phosphoric ester groups is 1. The van der Waals surface area contributed by atoms with Gasteiger partial charge in [-0.3, -0.25) is 23.4 Å². The van der Waals surface area contributed by atoms with Gasteiger partial charge in [-0.15, -0.1) is 0 Å². The minimum atomic E-state index is -4.77. The van der Waals surface area contributed by atoms with Gasteiger partial charge in [0.25, 0.3) is 0 Å². The monoisotopic (exact) mass is 1160 g/mol. The molecule has 0 amide bonds. The van der Waals surface area contributed by atoms with Crippen molar-refractivity contribution in [1.29, 1.82) is 0 Å². The number of aliphatic hydroxyl groups is 1. The molecule has 3 atom stereocenters. The van der Waals surface area contributed by atoms with Gasteiger partial charge in [-0.2, -0.15) is 0 Å². The Labute approximate surface area is 500 Å². The number of unbranched alkanes of at least 4 members (excludes halogenated alkanes) is 19. The van der Waals surface area contributed by atoms with Gasteiger partial charge < -0.3 is 24.2 Å². The summed E-state index contributed by atoms with van der Waals surface area (Å²) in [6, 6.07) is 0. The van der Waals surface area contributed by atoms with Gasteiger partial charge in [0.15, 0.2) is 6.10 Å². The molecule has 3 unspecified atom stereocenters. The van der Waals surface area contributed by atoms with Crippen molar-refractivity contribution in [3.05, 3.63) is 134 Å². The molecule has 82 heavy (non-hydrogen) atoms. The van der Waals surface area contributed by atoms with E-state index in [0.717, 1.165) is 186 Å². The molecule has 11 nitrogen and oxygen atoms in total. The molecule has 0 rings (SSSR count). The fourth-order valence-corrected chi connectivity index (χ4v) is 9.08. The van der Waals surface area contributed by atoms with Gasteiger partial charge in [-0.05, 0) is 128 Å².